The Balaban J connectivity index is 1.49. The third-order valence-corrected chi connectivity index (χ3v) is 8.12. The normalized spacial score (nSPS) is 22.8. The van der Waals surface area contributed by atoms with Crippen LogP contribution >= 0.6 is 0 Å². The molecule has 1 saturated carbocycles. The van der Waals surface area contributed by atoms with Crippen LogP contribution in [0.2, 0.25) is 0 Å². The van der Waals surface area contributed by atoms with Gasteiger partial charge in [-0.1, -0.05) is 12.1 Å². The maximum atomic E-state index is 12.3. The minimum absolute atomic E-state index is 0.0865. The van der Waals surface area contributed by atoms with Gasteiger partial charge in [0.1, 0.15) is 0 Å². The summed E-state index contributed by atoms with van der Waals surface area (Å²) in [6.07, 6.45) is 3.82. The Morgan fingerprint density at radius 2 is 1.80 bits per heavy atom. The molecule has 2 fully saturated rings. The fourth-order valence-electron chi connectivity index (χ4n) is 3.16. The first kappa shape index (κ1) is 18.5. The Labute approximate surface area is 149 Å². The number of sulfonamides is 1. The van der Waals surface area contributed by atoms with Gasteiger partial charge in [-0.05, 0) is 50.2 Å². The monoisotopic (exact) mass is 385 g/mol. The first-order chi connectivity index (χ1) is 11.8. The highest BCUT2D eigenvalue weighted by atomic mass is 32.2. The van der Waals surface area contributed by atoms with E-state index in [0.717, 1.165) is 12.8 Å². The highest BCUT2D eigenvalue weighted by molar-refractivity contribution is 7.91. The van der Waals surface area contributed by atoms with Crippen molar-refractivity contribution in [1.29, 1.82) is 0 Å². The van der Waals surface area contributed by atoms with Gasteiger partial charge < -0.3 is 0 Å². The molecule has 0 bridgehead atoms. The molecule has 1 aliphatic heterocycles. The summed E-state index contributed by atoms with van der Waals surface area (Å²) in [6.45, 7) is 0.279. The lowest BCUT2D eigenvalue weighted by Gasteiger charge is -2.09. The van der Waals surface area contributed by atoms with Crippen molar-refractivity contribution in [3.63, 3.8) is 0 Å². The predicted octanol–water partition coefficient (Wildman–Crippen LogP) is 1.77. The molecule has 0 radical (unpaired) electrons. The van der Waals surface area contributed by atoms with Crippen molar-refractivity contribution in [3.8, 4) is 0 Å². The third kappa shape index (κ3) is 4.89. The van der Waals surface area contributed by atoms with Crippen molar-refractivity contribution in [1.82, 2.24) is 4.72 Å². The molecule has 1 unspecified atom stereocenters. The van der Waals surface area contributed by atoms with E-state index < -0.39 is 19.9 Å². The van der Waals surface area contributed by atoms with E-state index in [9.17, 15) is 21.6 Å². The number of carbonyl (C=O) groups is 1. The lowest BCUT2D eigenvalue weighted by Crippen LogP contribution is -2.25. The standard InChI is InChI=1S/C17H23NO5S2/c19-17(14-3-4-14)15-5-7-16(8-6-15)25(22,23)18-10-1-2-13-9-11-24(20,21)12-13/h5-8,13-14,18H,1-4,9-12H2. The summed E-state index contributed by atoms with van der Waals surface area (Å²) in [7, 11) is -6.49. The van der Waals surface area contributed by atoms with Crippen LogP contribution in [0.4, 0.5) is 0 Å². The maximum absolute atomic E-state index is 12.3. The number of hydrogen-bond donors (Lipinski definition) is 1. The van der Waals surface area contributed by atoms with E-state index >= 15 is 0 Å². The van der Waals surface area contributed by atoms with Gasteiger partial charge in [0, 0.05) is 18.0 Å². The minimum atomic E-state index is -3.61. The molecule has 2 aliphatic rings. The van der Waals surface area contributed by atoms with Gasteiger partial charge in [0.25, 0.3) is 0 Å². The number of hydrogen-bond acceptors (Lipinski definition) is 5. The molecule has 1 aromatic carbocycles. The van der Waals surface area contributed by atoms with Crippen LogP contribution in [0, 0.1) is 11.8 Å². The summed E-state index contributed by atoms with van der Waals surface area (Å²) in [5.41, 5.74) is 0.559. The lowest BCUT2D eigenvalue weighted by molar-refractivity contribution is 0.0967. The molecule has 0 amide bonds. The highest BCUT2D eigenvalue weighted by Crippen LogP contribution is 2.32. The average molecular weight is 386 g/mol. The van der Waals surface area contributed by atoms with E-state index in [1.807, 2.05) is 0 Å². The summed E-state index contributed by atoms with van der Waals surface area (Å²) >= 11 is 0. The first-order valence-electron chi connectivity index (χ1n) is 8.61. The van der Waals surface area contributed by atoms with Crippen molar-refractivity contribution in [3.05, 3.63) is 29.8 Å². The number of rotatable bonds is 8. The highest BCUT2D eigenvalue weighted by Gasteiger charge is 2.30. The molecule has 1 aromatic rings. The molecule has 1 saturated heterocycles. The van der Waals surface area contributed by atoms with Crippen LogP contribution in [0.1, 0.15) is 42.5 Å². The smallest absolute Gasteiger partial charge is 0.240 e. The Kier molecular flexibility index (Phi) is 5.31. The number of carbonyl (C=O) groups excluding carboxylic acids is 1. The number of Topliss-reactive ketones (excluding diaryl/α,β-unsaturated/α-hetero) is 1. The Hall–Kier alpha value is -1.25. The molecule has 1 N–H and O–H groups in total. The number of ketones is 1. The Morgan fingerprint density at radius 1 is 1.12 bits per heavy atom. The SMILES string of the molecule is O=C(c1ccc(S(=O)(=O)NCCCC2CCS(=O)(=O)C2)cc1)C1CC1. The van der Waals surface area contributed by atoms with Crippen molar-refractivity contribution < 1.29 is 21.6 Å². The molecule has 1 heterocycles. The van der Waals surface area contributed by atoms with Gasteiger partial charge in [-0.25, -0.2) is 21.6 Å². The third-order valence-electron chi connectivity index (χ3n) is 4.81. The van der Waals surface area contributed by atoms with Crippen molar-refractivity contribution in [2.24, 2.45) is 11.8 Å². The van der Waals surface area contributed by atoms with E-state index in [1.54, 1.807) is 12.1 Å². The van der Waals surface area contributed by atoms with E-state index in [0.29, 0.717) is 24.8 Å². The van der Waals surface area contributed by atoms with Gasteiger partial charge in [-0.2, -0.15) is 0 Å². The number of benzene rings is 1. The second-order valence-electron chi connectivity index (χ2n) is 6.97. The van der Waals surface area contributed by atoms with Crippen LogP contribution < -0.4 is 4.72 Å². The molecular formula is C17H23NO5S2. The van der Waals surface area contributed by atoms with Crippen molar-refractivity contribution in [2.75, 3.05) is 18.1 Å². The topological polar surface area (TPSA) is 97.4 Å². The van der Waals surface area contributed by atoms with Crippen LogP contribution in [-0.2, 0) is 19.9 Å². The van der Waals surface area contributed by atoms with E-state index in [4.69, 9.17) is 0 Å². The zero-order valence-corrected chi connectivity index (χ0v) is 15.6. The van der Waals surface area contributed by atoms with Crippen LogP contribution in [0.25, 0.3) is 0 Å². The summed E-state index contributed by atoms with van der Waals surface area (Å²) in [5.74, 6) is 0.802. The van der Waals surface area contributed by atoms with E-state index in [2.05, 4.69) is 4.72 Å². The molecule has 0 aromatic heterocycles. The van der Waals surface area contributed by atoms with Gasteiger partial charge in [0.15, 0.2) is 15.6 Å². The molecule has 1 aliphatic carbocycles. The van der Waals surface area contributed by atoms with Gasteiger partial charge in [0.2, 0.25) is 10.0 Å². The molecule has 0 spiro atoms. The first-order valence-corrected chi connectivity index (χ1v) is 11.9. The number of nitrogens with one attached hydrogen (secondary N) is 1. The molecule has 25 heavy (non-hydrogen) atoms. The fourth-order valence-corrected chi connectivity index (χ4v) is 6.14. The fraction of sp³-hybridized carbons (Fsp3) is 0.588. The van der Waals surface area contributed by atoms with Gasteiger partial charge in [-0.15, -0.1) is 0 Å². The van der Waals surface area contributed by atoms with Crippen LogP contribution in [0.5, 0.6) is 0 Å². The quantitative estimate of drug-likeness (QED) is 0.543. The number of sulfone groups is 1. The van der Waals surface area contributed by atoms with Gasteiger partial charge in [-0.3, -0.25) is 4.79 Å². The van der Waals surface area contributed by atoms with Crippen molar-refractivity contribution in [2.45, 2.75) is 37.0 Å². The zero-order chi connectivity index (χ0) is 18.1. The summed E-state index contributed by atoms with van der Waals surface area (Å²) < 4.78 is 49.9. The summed E-state index contributed by atoms with van der Waals surface area (Å²) in [6, 6.07) is 6.06. The van der Waals surface area contributed by atoms with E-state index in [-0.39, 0.29) is 40.6 Å². The van der Waals surface area contributed by atoms with Crippen LogP contribution in [0.15, 0.2) is 29.2 Å². The van der Waals surface area contributed by atoms with Crippen LogP contribution in [-0.4, -0.2) is 40.7 Å². The Bertz CT molecular complexity index is 840. The second-order valence-corrected chi connectivity index (χ2v) is 11.0. The molecule has 1 atom stereocenters. The average Bonchev–Trinajstić information content (AvgIpc) is 3.35. The van der Waals surface area contributed by atoms with Crippen LogP contribution in [0.3, 0.4) is 0 Å². The molecule has 138 valence electrons. The molecule has 8 heteroatoms. The second kappa shape index (κ2) is 7.17. The van der Waals surface area contributed by atoms with Gasteiger partial charge in [0.05, 0.1) is 16.4 Å². The summed E-state index contributed by atoms with van der Waals surface area (Å²) in [5, 5.41) is 0. The zero-order valence-electron chi connectivity index (χ0n) is 14.0. The lowest BCUT2D eigenvalue weighted by atomic mass is 10.0. The summed E-state index contributed by atoms with van der Waals surface area (Å²) in [4.78, 5) is 12.1. The van der Waals surface area contributed by atoms with Crippen molar-refractivity contribution >= 4 is 25.6 Å². The molecule has 6 nitrogen and oxygen atoms in total. The maximum Gasteiger partial charge on any atom is 0.240 e. The van der Waals surface area contributed by atoms with Gasteiger partial charge >= 0.3 is 0 Å². The largest absolute Gasteiger partial charge is 0.294 e. The Morgan fingerprint density at radius 3 is 2.36 bits per heavy atom. The predicted molar refractivity (Wildman–Crippen MR) is 94.7 cm³/mol. The molecule has 3 rings (SSSR count). The minimum Gasteiger partial charge on any atom is -0.294 e. The molecular weight excluding hydrogens is 362 g/mol. The van der Waals surface area contributed by atoms with E-state index in [1.165, 1.54) is 12.1 Å².